The molecule has 0 aromatic heterocycles. The maximum Gasteiger partial charge on any atom is 0.325 e. The van der Waals surface area contributed by atoms with Gasteiger partial charge in [-0.05, 0) is 37.8 Å². The van der Waals surface area contributed by atoms with Crippen molar-refractivity contribution in [3.8, 4) is 0 Å². The molecule has 1 atom stereocenters. The van der Waals surface area contributed by atoms with E-state index in [2.05, 4.69) is 5.32 Å². The molecule has 1 fully saturated rings. The van der Waals surface area contributed by atoms with Crippen LogP contribution in [0, 0.1) is 5.41 Å². The normalized spacial score (nSPS) is 17.6. The van der Waals surface area contributed by atoms with E-state index < -0.39 is 17.4 Å². The van der Waals surface area contributed by atoms with Gasteiger partial charge in [0.25, 0.3) is 0 Å². The van der Waals surface area contributed by atoms with E-state index in [0.29, 0.717) is 11.4 Å². The van der Waals surface area contributed by atoms with E-state index in [1.54, 1.807) is 6.07 Å². The molecule has 102 valence electrons. The van der Waals surface area contributed by atoms with Crippen LogP contribution in [0.4, 0.5) is 0 Å². The van der Waals surface area contributed by atoms with Gasteiger partial charge in [0, 0.05) is 5.02 Å². The summed E-state index contributed by atoms with van der Waals surface area (Å²) in [5.41, 5.74) is 0.453. The van der Waals surface area contributed by atoms with Crippen LogP contribution in [0.2, 0.25) is 5.02 Å². The van der Waals surface area contributed by atoms with Crippen molar-refractivity contribution in [3.05, 3.63) is 34.9 Å². The molecule has 1 aromatic rings. The number of amides is 1. The highest BCUT2D eigenvalue weighted by atomic mass is 35.5. The second kappa shape index (κ2) is 5.21. The SMILES string of the molecule is C[C@@H](NC(=O)C1(Cc2ccccc2Cl)CC1)C(=O)O. The van der Waals surface area contributed by atoms with Crippen molar-refractivity contribution in [2.75, 3.05) is 0 Å². The molecule has 0 heterocycles. The molecule has 1 aliphatic carbocycles. The highest BCUT2D eigenvalue weighted by Gasteiger charge is 2.50. The van der Waals surface area contributed by atoms with Gasteiger partial charge in [-0.2, -0.15) is 0 Å². The van der Waals surface area contributed by atoms with Gasteiger partial charge in [-0.3, -0.25) is 9.59 Å². The summed E-state index contributed by atoms with van der Waals surface area (Å²) in [4.78, 5) is 22.9. The van der Waals surface area contributed by atoms with Crippen molar-refractivity contribution in [2.45, 2.75) is 32.2 Å². The Balaban J connectivity index is 2.05. The van der Waals surface area contributed by atoms with Crippen molar-refractivity contribution in [2.24, 2.45) is 5.41 Å². The standard InChI is InChI=1S/C14H16ClNO3/c1-9(12(17)18)16-13(19)14(6-7-14)8-10-4-2-3-5-11(10)15/h2-5,9H,6-8H2,1H3,(H,16,19)(H,17,18)/t9-/m1/s1. The summed E-state index contributed by atoms with van der Waals surface area (Å²) >= 11 is 6.09. The number of carbonyl (C=O) groups is 2. The smallest absolute Gasteiger partial charge is 0.325 e. The van der Waals surface area contributed by atoms with Crippen LogP contribution in [0.3, 0.4) is 0 Å². The maximum absolute atomic E-state index is 12.1. The van der Waals surface area contributed by atoms with Crippen molar-refractivity contribution in [3.63, 3.8) is 0 Å². The molecule has 0 radical (unpaired) electrons. The number of halogens is 1. The van der Waals surface area contributed by atoms with E-state index in [4.69, 9.17) is 16.7 Å². The number of carboxylic acids is 1. The number of aliphatic carboxylic acids is 1. The molecule has 2 rings (SSSR count). The summed E-state index contributed by atoms with van der Waals surface area (Å²) in [7, 11) is 0. The molecule has 0 saturated heterocycles. The molecule has 1 aromatic carbocycles. The van der Waals surface area contributed by atoms with E-state index in [-0.39, 0.29) is 5.91 Å². The second-order valence-electron chi connectivity index (χ2n) is 5.08. The summed E-state index contributed by atoms with van der Waals surface area (Å²) < 4.78 is 0. The van der Waals surface area contributed by atoms with Gasteiger partial charge in [0.05, 0.1) is 5.41 Å². The molecule has 0 unspecified atom stereocenters. The number of rotatable bonds is 5. The van der Waals surface area contributed by atoms with Crippen LogP contribution < -0.4 is 5.32 Å². The summed E-state index contributed by atoms with van der Waals surface area (Å²) in [6.07, 6.45) is 2.11. The highest BCUT2D eigenvalue weighted by molar-refractivity contribution is 6.31. The first kappa shape index (κ1) is 13.9. The first-order valence-electron chi connectivity index (χ1n) is 6.22. The van der Waals surface area contributed by atoms with Gasteiger partial charge >= 0.3 is 5.97 Å². The minimum Gasteiger partial charge on any atom is -0.480 e. The van der Waals surface area contributed by atoms with Crippen LogP contribution >= 0.6 is 11.6 Å². The largest absolute Gasteiger partial charge is 0.480 e. The van der Waals surface area contributed by atoms with Crippen LogP contribution in [0.5, 0.6) is 0 Å². The lowest BCUT2D eigenvalue weighted by atomic mass is 9.95. The van der Waals surface area contributed by atoms with Gasteiger partial charge < -0.3 is 10.4 Å². The molecule has 0 bridgehead atoms. The Morgan fingerprint density at radius 3 is 2.58 bits per heavy atom. The van der Waals surface area contributed by atoms with Gasteiger partial charge in [-0.15, -0.1) is 0 Å². The Hall–Kier alpha value is -1.55. The van der Waals surface area contributed by atoms with Crippen LogP contribution in [0.25, 0.3) is 0 Å². The molecule has 5 heteroatoms. The Labute approximate surface area is 116 Å². The minimum atomic E-state index is -1.03. The fourth-order valence-electron chi connectivity index (χ4n) is 2.05. The lowest BCUT2D eigenvalue weighted by Gasteiger charge is -2.18. The van der Waals surface area contributed by atoms with Gasteiger partial charge in [0.1, 0.15) is 6.04 Å². The van der Waals surface area contributed by atoms with E-state index in [0.717, 1.165) is 18.4 Å². The first-order chi connectivity index (χ1) is 8.94. The van der Waals surface area contributed by atoms with E-state index in [9.17, 15) is 9.59 Å². The average Bonchev–Trinajstić information content (AvgIpc) is 3.13. The van der Waals surface area contributed by atoms with Crippen LogP contribution in [-0.2, 0) is 16.0 Å². The zero-order valence-electron chi connectivity index (χ0n) is 10.6. The number of nitrogens with one attached hydrogen (secondary N) is 1. The molecule has 1 aliphatic rings. The van der Waals surface area contributed by atoms with Gasteiger partial charge in [-0.25, -0.2) is 0 Å². The third-order valence-electron chi connectivity index (χ3n) is 3.54. The molecular formula is C14H16ClNO3. The number of benzene rings is 1. The third-order valence-corrected chi connectivity index (χ3v) is 3.91. The molecule has 0 aliphatic heterocycles. The van der Waals surface area contributed by atoms with Crippen molar-refractivity contribution in [1.82, 2.24) is 5.32 Å². The number of carboxylic acid groups (broad SMARTS) is 1. The molecule has 1 amide bonds. The quantitative estimate of drug-likeness (QED) is 0.870. The van der Waals surface area contributed by atoms with E-state index in [1.165, 1.54) is 6.92 Å². The van der Waals surface area contributed by atoms with E-state index >= 15 is 0 Å². The molecule has 19 heavy (non-hydrogen) atoms. The van der Waals surface area contributed by atoms with Crippen molar-refractivity contribution in [1.29, 1.82) is 0 Å². The number of hydrogen-bond acceptors (Lipinski definition) is 2. The van der Waals surface area contributed by atoms with Crippen molar-refractivity contribution < 1.29 is 14.7 Å². The summed E-state index contributed by atoms with van der Waals surface area (Å²) in [5, 5.41) is 12.0. The first-order valence-corrected chi connectivity index (χ1v) is 6.60. The van der Waals surface area contributed by atoms with Crippen molar-refractivity contribution >= 4 is 23.5 Å². The summed E-state index contributed by atoms with van der Waals surface area (Å²) in [5.74, 6) is -1.22. The van der Waals surface area contributed by atoms with E-state index in [1.807, 2.05) is 18.2 Å². The molecule has 2 N–H and O–H groups in total. The molecule has 0 spiro atoms. The zero-order valence-corrected chi connectivity index (χ0v) is 11.4. The van der Waals surface area contributed by atoms with Crippen LogP contribution in [-0.4, -0.2) is 23.0 Å². The Morgan fingerprint density at radius 1 is 1.42 bits per heavy atom. The maximum atomic E-state index is 12.1. The minimum absolute atomic E-state index is 0.192. The molecular weight excluding hydrogens is 266 g/mol. The van der Waals surface area contributed by atoms with Crippen LogP contribution in [0.15, 0.2) is 24.3 Å². The highest BCUT2D eigenvalue weighted by Crippen LogP contribution is 2.49. The monoisotopic (exact) mass is 281 g/mol. The lowest BCUT2D eigenvalue weighted by molar-refractivity contribution is -0.142. The molecule has 1 saturated carbocycles. The third kappa shape index (κ3) is 3.07. The van der Waals surface area contributed by atoms with Gasteiger partial charge in [0.15, 0.2) is 0 Å². The topological polar surface area (TPSA) is 66.4 Å². The van der Waals surface area contributed by atoms with Gasteiger partial charge in [-0.1, -0.05) is 29.8 Å². The molecule has 4 nitrogen and oxygen atoms in total. The fourth-order valence-corrected chi connectivity index (χ4v) is 2.26. The van der Waals surface area contributed by atoms with Crippen LogP contribution in [0.1, 0.15) is 25.3 Å². The summed E-state index contributed by atoms with van der Waals surface area (Å²) in [6, 6.07) is 6.56. The lowest BCUT2D eigenvalue weighted by Crippen LogP contribution is -2.43. The number of hydrogen-bond donors (Lipinski definition) is 2. The summed E-state index contributed by atoms with van der Waals surface area (Å²) in [6.45, 7) is 1.46. The number of carbonyl (C=O) groups excluding carboxylic acids is 1. The zero-order chi connectivity index (χ0) is 14.0. The predicted octanol–water partition coefficient (Wildman–Crippen LogP) is 2.25. The Kier molecular flexibility index (Phi) is 3.80. The Morgan fingerprint density at radius 2 is 2.05 bits per heavy atom. The Bertz CT molecular complexity index is 511. The fraction of sp³-hybridized carbons (Fsp3) is 0.429. The average molecular weight is 282 g/mol. The second-order valence-corrected chi connectivity index (χ2v) is 5.49. The van der Waals surface area contributed by atoms with Gasteiger partial charge in [0.2, 0.25) is 5.91 Å². The predicted molar refractivity (Wildman–Crippen MR) is 72.1 cm³/mol.